The van der Waals surface area contributed by atoms with E-state index in [4.69, 9.17) is 17.0 Å². The van der Waals surface area contributed by atoms with Crippen LogP contribution in [0.5, 0.6) is 0 Å². The molecule has 1 aliphatic rings. The predicted molar refractivity (Wildman–Crippen MR) is 118 cm³/mol. The largest absolute Gasteiger partial charge is 0.462 e. The maximum absolute atomic E-state index is 11.9. The number of rotatable bonds is 7. The molecule has 28 heavy (non-hydrogen) atoms. The molecule has 0 aromatic heterocycles. The highest BCUT2D eigenvalue weighted by molar-refractivity contribution is 7.80. The van der Waals surface area contributed by atoms with Crippen molar-refractivity contribution in [2.24, 2.45) is 0 Å². The van der Waals surface area contributed by atoms with Crippen LogP contribution in [0.4, 0.5) is 5.69 Å². The van der Waals surface area contributed by atoms with Crippen LogP contribution in [0.3, 0.4) is 0 Å². The van der Waals surface area contributed by atoms with E-state index in [9.17, 15) is 4.79 Å². The van der Waals surface area contributed by atoms with Crippen molar-refractivity contribution in [3.8, 4) is 0 Å². The molecular formula is C23H28N2O2S. The van der Waals surface area contributed by atoms with E-state index in [0.29, 0.717) is 17.3 Å². The Labute approximate surface area is 172 Å². The lowest BCUT2D eigenvalue weighted by Crippen LogP contribution is -2.48. The molecule has 148 valence electrons. The van der Waals surface area contributed by atoms with Crippen LogP contribution in [-0.4, -0.2) is 23.2 Å². The molecule has 2 aromatic carbocycles. The molecule has 2 N–H and O–H groups in total. The lowest BCUT2D eigenvalue weighted by Gasteiger charge is -2.32. The molecule has 0 heterocycles. The number of aryl methyl sites for hydroxylation is 1. The summed E-state index contributed by atoms with van der Waals surface area (Å²) in [5.41, 5.74) is 2.71. The van der Waals surface area contributed by atoms with E-state index < -0.39 is 0 Å². The number of thiocarbonyl (C=S) groups is 1. The highest BCUT2D eigenvalue weighted by atomic mass is 32.1. The molecule has 0 saturated heterocycles. The van der Waals surface area contributed by atoms with Gasteiger partial charge in [-0.1, -0.05) is 49.2 Å². The first-order valence-corrected chi connectivity index (χ1v) is 10.4. The van der Waals surface area contributed by atoms with Gasteiger partial charge in [0, 0.05) is 11.2 Å². The molecule has 3 rings (SSSR count). The Balaban J connectivity index is 1.61. The van der Waals surface area contributed by atoms with Crippen molar-refractivity contribution >= 4 is 29.0 Å². The Morgan fingerprint density at radius 2 is 1.86 bits per heavy atom. The summed E-state index contributed by atoms with van der Waals surface area (Å²) in [4.78, 5) is 11.9. The first kappa shape index (κ1) is 20.3. The van der Waals surface area contributed by atoms with Gasteiger partial charge in [0.1, 0.15) is 0 Å². The van der Waals surface area contributed by atoms with Gasteiger partial charge in [0.2, 0.25) is 0 Å². The molecule has 0 aliphatic heterocycles. The van der Waals surface area contributed by atoms with E-state index in [-0.39, 0.29) is 11.5 Å². The minimum Gasteiger partial charge on any atom is -0.462 e. The SMILES string of the molecule is CCOC(=O)c1cccc(NC(=S)NC2(CCc3ccccc3)CCCC2)c1. The number of carbonyl (C=O) groups excluding carboxylic acids is 1. The zero-order valence-electron chi connectivity index (χ0n) is 16.4. The summed E-state index contributed by atoms with van der Waals surface area (Å²) in [6, 6.07) is 17.9. The fraction of sp³-hybridized carbons (Fsp3) is 0.391. The molecule has 0 spiro atoms. The molecule has 4 nitrogen and oxygen atoms in total. The van der Waals surface area contributed by atoms with Crippen LogP contribution in [0.2, 0.25) is 0 Å². The third kappa shape index (κ3) is 5.55. The topological polar surface area (TPSA) is 50.4 Å². The Hall–Kier alpha value is -2.40. The first-order chi connectivity index (χ1) is 13.6. The van der Waals surface area contributed by atoms with Gasteiger partial charge in [-0.3, -0.25) is 0 Å². The van der Waals surface area contributed by atoms with Crippen LogP contribution < -0.4 is 10.6 Å². The van der Waals surface area contributed by atoms with Crippen molar-refractivity contribution in [3.05, 3.63) is 65.7 Å². The second-order valence-corrected chi connectivity index (χ2v) is 7.76. The maximum atomic E-state index is 11.9. The van der Waals surface area contributed by atoms with Crippen molar-refractivity contribution in [1.29, 1.82) is 0 Å². The quantitative estimate of drug-likeness (QED) is 0.504. The molecular weight excluding hydrogens is 368 g/mol. The van der Waals surface area contributed by atoms with Crippen molar-refractivity contribution in [1.82, 2.24) is 5.32 Å². The van der Waals surface area contributed by atoms with Gasteiger partial charge in [-0.25, -0.2) is 4.79 Å². The fourth-order valence-electron chi connectivity index (χ4n) is 3.86. The fourth-order valence-corrected chi connectivity index (χ4v) is 4.19. The van der Waals surface area contributed by atoms with Gasteiger partial charge in [0.05, 0.1) is 12.2 Å². The number of esters is 1. The normalized spacial score (nSPS) is 15.0. The van der Waals surface area contributed by atoms with Gasteiger partial charge in [-0.05, 0) is 68.6 Å². The van der Waals surface area contributed by atoms with Gasteiger partial charge in [0.15, 0.2) is 5.11 Å². The lowest BCUT2D eigenvalue weighted by molar-refractivity contribution is 0.0526. The number of ether oxygens (including phenoxy) is 1. The van der Waals surface area contributed by atoms with Gasteiger partial charge in [-0.15, -0.1) is 0 Å². The van der Waals surface area contributed by atoms with Crippen LogP contribution in [0.1, 0.15) is 54.9 Å². The highest BCUT2D eigenvalue weighted by Gasteiger charge is 2.34. The van der Waals surface area contributed by atoms with Crippen LogP contribution in [-0.2, 0) is 11.2 Å². The molecule has 0 amide bonds. The Morgan fingerprint density at radius 3 is 2.57 bits per heavy atom. The van der Waals surface area contributed by atoms with E-state index in [0.717, 1.165) is 31.4 Å². The second-order valence-electron chi connectivity index (χ2n) is 7.35. The van der Waals surface area contributed by atoms with Crippen molar-refractivity contribution in [3.63, 3.8) is 0 Å². The number of nitrogens with one attached hydrogen (secondary N) is 2. The van der Waals surface area contributed by atoms with Crippen LogP contribution in [0.15, 0.2) is 54.6 Å². The zero-order chi connectivity index (χ0) is 19.8. The molecule has 0 unspecified atom stereocenters. The van der Waals surface area contributed by atoms with E-state index >= 15 is 0 Å². The Kier molecular flexibility index (Phi) is 7.04. The summed E-state index contributed by atoms with van der Waals surface area (Å²) in [5.74, 6) is -0.319. The van der Waals surface area contributed by atoms with Crippen molar-refractivity contribution in [2.45, 2.75) is 51.0 Å². The van der Waals surface area contributed by atoms with Gasteiger partial charge >= 0.3 is 5.97 Å². The average Bonchev–Trinajstić information content (AvgIpc) is 3.16. The van der Waals surface area contributed by atoms with E-state index in [1.807, 2.05) is 12.1 Å². The monoisotopic (exact) mass is 396 g/mol. The number of hydrogen-bond donors (Lipinski definition) is 2. The first-order valence-electron chi connectivity index (χ1n) is 10.0. The lowest BCUT2D eigenvalue weighted by atomic mass is 9.89. The van der Waals surface area contributed by atoms with E-state index in [1.54, 1.807) is 19.1 Å². The predicted octanol–water partition coefficient (Wildman–Crippen LogP) is 5.10. The van der Waals surface area contributed by atoms with Gasteiger partial charge in [-0.2, -0.15) is 0 Å². The molecule has 1 aliphatic carbocycles. The molecule has 0 bridgehead atoms. The summed E-state index contributed by atoms with van der Waals surface area (Å²) in [7, 11) is 0. The molecule has 5 heteroatoms. The molecule has 1 saturated carbocycles. The number of benzene rings is 2. The standard InChI is InChI=1S/C23H28N2O2S/c1-2-27-21(26)19-11-8-12-20(17-19)24-22(28)25-23(14-6-7-15-23)16-13-18-9-4-3-5-10-18/h3-5,8-12,17H,2,6-7,13-16H2,1H3,(H2,24,25,28). The number of anilines is 1. The summed E-state index contributed by atoms with van der Waals surface area (Å²) in [5, 5.41) is 7.44. The van der Waals surface area contributed by atoms with Crippen LogP contribution in [0.25, 0.3) is 0 Å². The molecule has 1 fully saturated rings. The van der Waals surface area contributed by atoms with Crippen molar-refractivity contribution < 1.29 is 9.53 Å². The maximum Gasteiger partial charge on any atom is 0.338 e. The third-order valence-electron chi connectivity index (χ3n) is 5.31. The van der Waals surface area contributed by atoms with Gasteiger partial charge < -0.3 is 15.4 Å². The van der Waals surface area contributed by atoms with E-state index in [1.165, 1.54) is 18.4 Å². The molecule has 0 radical (unpaired) electrons. The smallest absolute Gasteiger partial charge is 0.338 e. The summed E-state index contributed by atoms with van der Waals surface area (Å²) < 4.78 is 5.07. The Morgan fingerprint density at radius 1 is 1.11 bits per heavy atom. The highest BCUT2D eigenvalue weighted by Crippen LogP contribution is 2.34. The Bertz CT molecular complexity index is 801. The molecule has 2 aromatic rings. The van der Waals surface area contributed by atoms with Crippen LogP contribution >= 0.6 is 12.2 Å². The third-order valence-corrected chi connectivity index (χ3v) is 5.51. The number of carbonyl (C=O) groups is 1. The minimum absolute atomic E-state index is 0.0404. The second kappa shape index (κ2) is 9.69. The summed E-state index contributed by atoms with van der Waals surface area (Å²) in [6.45, 7) is 2.16. The summed E-state index contributed by atoms with van der Waals surface area (Å²) in [6.07, 6.45) is 6.80. The number of hydrogen-bond acceptors (Lipinski definition) is 3. The summed E-state index contributed by atoms with van der Waals surface area (Å²) >= 11 is 5.60. The minimum atomic E-state index is -0.319. The molecule has 0 atom stereocenters. The average molecular weight is 397 g/mol. The van der Waals surface area contributed by atoms with Gasteiger partial charge in [0.25, 0.3) is 0 Å². The van der Waals surface area contributed by atoms with E-state index in [2.05, 4.69) is 41.0 Å². The zero-order valence-corrected chi connectivity index (χ0v) is 17.2. The van der Waals surface area contributed by atoms with Crippen LogP contribution in [0, 0.1) is 0 Å². The van der Waals surface area contributed by atoms with Crippen molar-refractivity contribution in [2.75, 3.05) is 11.9 Å².